The van der Waals surface area contributed by atoms with E-state index in [-0.39, 0.29) is 5.91 Å². The summed E-state index contributed by atoms with van der Waals surface area (Å²) < 4.78 is 2.78. The van der Waals surface area contributed by atoms with Crippen molar-refractivity contribution in [2.24, 2.45) is 0 Å². The van der Waals surface area contributed by atoms with Crippen LogP contribution in [-0.2, 0) is 6.54 Å². The largest absolute Gasteiger partial charge is 0.343 e. The lowest BCUT2D eigenvalue weighted by atomic mass is 10.3. The summed E-state index contributed by atoms with van der Waals surface area (Å²) in [5, 5.41) is 2.82. The monoisotopic (exact) mass is 307 g/mol. The van der Waals surface area contributed by atoms with Gasteiger partial charge in [0.25, 0.3) is 5.91 Å². The van der Waals surface area contributed by atoms with Crippen molar-refractivity contribution in [1.29, 1.82) is 0 Å². The minimum absolute atomic E-state index is 0.149. The Morgan fingerprint density at radius 2 is 2.33 bits per heavy atom. The zero-order chi connectivity index (χ0) is 13.1. The smallest absolute Gasteiger partial charge is 0.273 e. The first-order chi connectivity index (χ1) is 8.61. The minimum Gasteiger partial charge on any atom is -0.343 e. The highest BCUT2D eigenvalue weighted by Crippen LogP contribution is 2.17. The highest BCUT2D eigenvalue weighted by atomic mass is 79.9. The molecule has 0 fully saturated rings. The Labute approximate surface area is 114 Å². The van der Waals surface area contributed by atoms with Crippen molar-refractivity contribution in [1.82, 2.24) is 9.55 Å². The summed E-state index contributed by atoms with van der Waals surface area (Å²) in [6, 6.07) is 5.56. The van der Waals surface area contributed by atoms with Gasteiger partial charge in [-0.25, -0.2) is 4.98 Å². The van der Waals surface area contributed by atoms with E-state index in [1.165, 1.54) is 0 Å². The van der Waals surface area contributed by atoms with Gasteiger partial charge in [-0.1, -0.05) is 6.07 Å². The number of hydrogen-bond acceptors (Lipinski definition) is 2. The second-order valence-electron chi connectivity index (χ2n) is 3.95. The molecule has 4 nitrogen and oxygen atoms in total. The highest BCUT2D eigenvalue weighted by Gasteiger charge is 2.13. The van der Waals surface area contributed by atoms with Gasteiger partial charge in [0, 0.05) is 23.4 Å². The summed E-state index contributed by atoms with van der Waals surface area (Å²) in [6.45, 7) is 4.65. The molecular weight excluding hydrogens is 294 g/mol. The van der Waals surface area contributed by atoms with Crippen molar-refractivity contribution < 1.29 is 4.79 Å². The summed E-state index contributed by atoms with van der Waals surface area (Å²) in [5.74, 6) is 0.451. The molecule has 1 amide bonds. The van der Waals surface area contributed by atoms with Gasteiger partial charge < -0.3 is 9.88 Å². The van der Waals surface area contributed by atoms with Crippen LogP contribution < -0.4 is 5.32 Å². The van der Waals surface area contributed by atoms with Gasteiger partial charge in [-0.05, 0) is 47.5 Å². The van der Waals surface area contributed by atoms with Crippen molar-refractivity contribution >= 4 is 27.7 Å². The average Bonchev–Trinajstić information content (AvgIpc) is 2.73. The molecule has 1 N–H and O–H groups in total. The van der Waals surface area contributed by atoms with E-state index in [0.29, 0.717) is 11.5 Å². The van der Waals surface area contributed by atoms with E-state index in [1.54, 1.807) is 12.3 Å². The number of anilines is 1. The van der Waals surface area contributed by atoms with E-state index in [0.717, 1.165) is 16.6 Å². The molecule has 2 heterocycles. The third-order valence-corrected chi connectivity index (χ3v) is 3.11. The summed E-state index contributed by atoms with van der Waals surface area (Å²) >= 11 is 3.38. The Kier molecular flexibility index (Phi) is 3.81. The van der Waals surface area contributed by atoms with Gasteiger partial charge in [0.15, 0.2) is 0 Å². The van der Waals surface area contributed by atoms with E-state index in [2.05, 4.69) is 26.2 Å². The second-order valence-corrected chi connectivity index (χ2v) is 4.87. The maximum Gasteiger partial charge on any atom is 0.273 e. The fourth-order valence-electron chi connectivity index (χ4n) is 1.71. The van der Waals surface area contributed by atoms with Crippen LogP contribution >= 0.6 is 15.9 Å². The van der Waals surface area contributed by atoms with E-state index < -0.39 is 0 Å². The lowest BCUT2D eigenvalue weighted by Gasteiger charge is -2.08. The zero-order valence-corrected chi connectivity index (χ0v) is 11.9. The summed E-state index contributed by atoms with van der Waals surface area (Å²) in [7, 11) is 0. The van der Waals surface area contributed by atoms with Gasteiger partial charge in [0.1, 0.15) is 11.5 Å². The Balaban J connectivity index is 2.25. The quantitative estimate of drug-likeness (QED) is 0.946. The molecule has 94 valence electrons. The fraction of sp³-hybridized carbons (Fsp3) is 0.231. The van der Waals surface area contributed by atoms with Crippen LogP contribution in [0.2, 0.25) is 0 Å². The molecular formula is C13H14BrN3O. The molecule has 18 heavy (non-hydrogen) atoms. The second kappa shape index (κ2) is 5.35. The van der Waals surface area contributed by atoms with E-state index in [9.17, 15) is 4.79 Å². The van der Waals surface area contributed by atoms with E-state index >= 15 is 0 Å². The number of nitrogens with one attached hydrogen (secondary N) is 1. The molecule has 5 heteroatoms. The van der Waals surface area contributed by atoms with Crippen molar-refractivity contribution in [3.63, 3.8) is 0 Å². The number of hydrogen-bond donors (Lipinski definition) is 1. The number of amides is 1. The fourth-order valence-corrected chi connectivity index (χ4v) is 2.18. The number of aryl methyl sites for hydroxylation is 2. The standard InChI is InChI=1S/C13H14BrN3O/c1-3-17-8-10(14)7-11(17)13(18)16-12-9(2)5-4-6-15-12/h4-8H,3H2,1-2H3,(H,15,16,18). The van der Waals surface area contributed by atoms with Crippen LogP contribution in [0.1, 0.15) is 23.0 Å². The zero-order valence-electron chi connectivity index (χ0n) is 10.3. The molecule has 0 saturated heterocycles. The normalized spacial score (nSPS) is 10.4. The topological polar surface area (TPSA) is 46.9 Å². The van der Waals surface area contributed by atoms with Gasteiger partial charge in [-0.15, -0.1) is 0 Å². The molecule has 0 aliphatic rings. The van der Waals surface area contributed by atoms with Crippen LogP contribution in [0, 0.1) is 6.92 Å². The highest BCUT2D eigenvalue weighted by molar-refractivity contribution is 9.10. The number of carbonyl (C=O) groups excluding carboxylic acids is 1. The molecule has 2 aromatic rings. The first-order valence-corrected chi connectivity index (χ1v) is 6.49. The molecule has 2 aromatic heterocycles. The Bertz CT molecular complexity index is 577. The number of carbonyl (C=O) groups is 1. The molecule has 0 saturated carbocycles. The number of nitrogens with zero attached hydrogens (tertiary/aromatic N) is 2. The van der Waals surface area contributed by atoms with Crippen molar-refractivity contribution in [2.45, 2.75) is 20.4 Å². The molecule has 0 aromatic carbocycles. The minimum atomic E-state index is -0.149. The lowest BCUT2D eigenvalue weighted by molar-refractivity contribution is 0.101. The molecule has 0 unspecified atom stereocenters. The third-order valence-electron chi connectivity index (χ3n) is 2.68. The average molecular weight is 308 g/mol. The molecule has 0 bridgehead atoms. The van der Waals surface area contributed by atoms with Crippen molar-refractivity contribution in [3.8, 4) is 0 Å². The number of pyridine rings is 1. The number of aromatic nitrogens is 2. The van der Waals surface area contributed by atoms with E-state index in [4.69, 9.17) is 0 Å². The van der Waals surface area contributed by atoms with Crippen LogP contribution in [0.4, 0.5) is 5.82 Å². The maximum absolute atomic E-state index is 12.2. The predicted octanol–water partition coefficient (Wildman–Crippen LogP) is 3.23. The van der Waals surface area contributed by atoms with Crippen LogP contribution in [0.5, 0.6) is 0 Å². The predicted molar refractivity (Wildman–Crippen MR) is 74.7 cm³/mol. The summed E-state index contributed by atoms with van der Waals surface area (Å²) in [5.41, 5.74) is 1.56. The van der Waals surface area contributed by atoms with Crippen molar-refractivity contribution in [2.75, 3.05) is 5.32 Å². The van der Waals surface area contributed by atoms with E-state index in [1.807, 2.05) is 36.7 Å². The van der Waals surface area contributed by atoms with Gasteiger partial charge in [-0.3, -0.25) is 4.79 Å². The van der Waals surface area contributed by atoms with Crippen LogP contribution in [0.25, 0.3) is 0 Å². The Hall–Kier alpha value is -1.62. The van der Waals surface area contributed by atoms with Crippen LogP contribution in [-0.4, -0.2) is 15.5 Å². The summed E-state index contributed by atoms with van der Waals surface area (Å²) in [6.07, 6.45) is 3.55. The number of rotatable bonds is 3. The van der Waals surface area contributed by atoms with Gasteiger partial charge >= 0.3 is 0 Å². The number of halogens is 1. The van der Waals surface area contributed by atoms with Gasteiger partial charge in [-0.2, -0.15) is 0 Å². The van der Waals surface area contributed by atoms with Gasteiger partial charge in [0.05, 0.1) is 0 Å². The van der Waals surface area contributed by atoms with Crippen molar-refractivity contribution in [3.05, 3.63) is 46.3 Å². The Morgan fingerprint density at radius 3 is 3.00 bits per heavy atom. The molecule has 0 aliphatic carbocycles. The van der Waals surface area contributed by atoms with Crippen LogP contribution in [0.3, 0.4) is 0 Å². The summed E-state index contributed by atoms with van der Waals surface area (Å²) in [4.78, 5) is 16.3. The molecule has 0 spiro atoms. The third kappa shape index (κ3) is 2.61. The molecule has 0 atom stereocenters. The molecule has 0 aliphatic heterocycles. The molecule has 2 rings (SSSR count). The Morgan fingerprint density at radius 1 is 1.56 bits per heavy atom. The van der Waals surface area contributed by atoms with Gasteiger partial charge in [0.2, 0.25) is 0 Å². The maximum atomic E-state index is 12.2. The van der Waals surface area contributed by atoms with Crippen LogP contribution in [0.15, 0.2) is 35.1 Å². The first kappa shape index (κ1) is 12.8. The lowest BCUT2D eigenvalue weighted by Crippen LogP contribution is -2.17. The molecule has 0 radical (unpaired) electrons. The first-order valence-electron chi connectivity index (χ1n) is 5.70. The SMILES string of the molecule is CCn1cc(Br)cc1C(=O)Nc1ncccc1C.